The highest BCUT2D eigenvalue weighted by Gasteiger charge is 2.44. The number of alkyl halides is 4. The summed E-state index contributed by atoms with van der Waals surface area (Å²) in [6.45, 7) is 3.71. The summed E-state index contributed by atoms with van der Waals surface area (Å²) in [5, 5.41) is 0. The van der Waals surface area contributed by atoms with Crippen LogP contribution in [-0.4, -0.2) is 12.2 Å². The Hall–Kier alpha value is -3.48. The molecule has 2 saturated carbocycles. The van der Waals surface area contributed by atoms with Crippen LogP contribution in [0.5, 0.6) is 11.5 Å². The summed E-state index contributed by atoms with van der Waals surface area (Å²) < 4.78 is 153. The number of hydrogen-bond acceptors (Lipinski definition) is 3. The largest absolute Gasteiger partial charge is 0.429 e. The quantitative estimate of drug-likeness (QED) is 0.120. The molecule has 3 nitrogen and oxygen atoms in total. The second-order valence-electron chi connectivity index (χ2n) is 11.9. The van der Waals surface area contributed by atoms with Crippen LogP contribution in [0.15, 0.2) is 61.2 Å². The van der Waals surface area contributed by atoms with E-state index in [1.165, 1.54) is 6.08 Å². The van der Waals surface area contributed by atoms with Gasteiger partial charge in [0, 0.05) is 12.1 Å². The molecule has 0 saturated heterocycles. The molecule has 2 aliphatic rings. The highest BCUT2D eigenvalue weighted by Crippen LogP contribution is 2.43. The smallest absolute Gasteiger partial charge is 0.429 e. The lowest BCUT2D eigenvalue weighted by Crippen LogP contribution is -2.39. The number of ether oxygens (including phenoxy) is 3. The van der Waals surface area contributed by atoms with E-state index in [1.54, 1.807) is 6.08 Å². The van der Waals surface area contributed by atoms with Gasteiger partial charge in [0.2, 0.25) is 5.75 Å². The van der Waals surface area contributed by atoms with Crippen LogP contribution in [0.3, 0.4) is 0 Å². The molecule has 0 aromatic heterocycles. The SMILES string of the molecule is C=CCCC1CCC(C(F)(F)OC2CCC(/C=C/c3ccc(C(F)(F)Oc4cc(F)c(OC(F)=C(F)F)c(F)c4)c(F)c3)CC2)CC1. The fraction of sp³-hybridized carbons (Fsp3) is 0.471. The summed E-state index contributed by atoms with van der Waals surface area (Å²) in [7, 11) is 0. The molecule has 0 atom stereocenters. The summed E-state index contributed by atoms with van der Waals surface area (Å²) in [4.78, 5) is 0. The van der Waals surface area contributed by atoms with Gasteiger partial charge in [-0.15, -0.1) is 6.58 Å². The first-order valence-corrected chi connectivity index (χ1v) is 15.3. The molecule has 0 aliphatic heterocycles. The Morgan fingerprint density at radius 1 is 0.830 bits per heavy atom. The summed E-state index contributed by atoms with van der Waals surface area (Å²) in [6.07, 6.45) is -0.0519. The minimum atomic E-state index is -4.44. The summed E-state index contributed by atoms with van der Waals surface area (Å²) in [5.74, 6) is -8.25. The Labute approximate surface area is 265 Å². The Balaban J connectivity index is 1.30. The maximum atomic E-state index is 14.9. The molecule has 2 aromatic rings. The third kappa shape index (κ3) is 9.77. The normalized spacial score (nSPS) is 22.3. The van der Waals surface area contributed by atoms with Gasteiger partial charge in [-0.05, 0) is 93.7 Å². The van der Waals surface area contributed by atoms with Gasteiger partial charge < -0.3 is 14.2 Å². The maximum Gasteiger partial charge on any atom is 0.429 e. The molecule has 13 heteroatoms. The molecule has 2 aromatic carbocycles. The molecule has 0 heterocycles. The molecular weight excluding hydrogens is 646 g/mol. The standard InChI is InChI=1S/C34H34F10O3/c1-2-3-4-20-7-12-23(13-8-20)33(41,42)46-24-14-9-21(10-15-24)5-6-22-11-16-26(27(35)17-22)34(43,44)47-25-18-28(36)30(29(37)19-25)45-32(40)31(38)39/h2,5-6,11,16-21,23-24H,1,3-4,7-10,12-15H2/b6-5+. The summed E-state index contributed by atoms with van der Waals surface area (Å²) in [5.41, 5.74) is -1.06. The van der Waals surface area contributed by atoms with Gasteiger partial charge in [0.15, 0.2) is 11.6 Å². The molecule has 0 amide bonds. The van der Waals surface area contributed by atoms with Crippen molar-refractivity contribution in [3.8, 4) is 11.5 Å². The van der Waals surface area contributed by atoms with E-state index < -0.39 is 70.8 Å². The fourth-order valence-electron chi connectivity index (χ4n) is 6.00. The number of allylic oxidation sites excluding steroid dienone is 2. The van der Waals surface area contributed by atoms with Crippen molar-refractivity contribution in [2.75, 3.05) is 0 Å². The monoisotopic (exact) mass is 680 g/mol. The van der Waals surface area contributed by atoms with E-state index in [0.29, 0.717) is 50.5 Å². The fourth-order valence-corrected chi connectivity index (χ4v) is 6.00. The molecule has 4 rings (SSSR count). The Morgan fingerprint density at radius 2 is 1.47 bits per heavy atom. The number of benzene rings is 2. The Morgan fingerprint density at radius 3 is 2.04 bits per heavy atom. The number of rotatable bonds is 13. The zero-order valence-corrected chi connectivity index (χ0v) is 25.2. The zero-order chi connectivity index (χ0) is 34.4. The minimum Gasteiger partial charge on any atom is -0.429 e. The van der Waals surface area contributed by atoms with Crippen LogP contribution in [0.4, 0.5) is 43.9 Å². The summed E-state index contributed by atoms with van der Waals surface area (Å²) >= 11 is 0. The van der Waals surface area contributed by atoms with E-state index in [4.69, 9.17) is 4.74 Å². The molecule has 0 spiro atoms. The molecule has 0 bridgehead atoms. The second kappa shape index (κ2) is 15.6. The van der Waals surface area contributed by atoms with E-state index in [9.17, 15) is 43.9 Å². The van der Waals surface area contributed by atoms with E-state index in [2.05, 4.69) is 16.1 Å². The zero-order valence-electron chi connectivity index (χ0n) is 25.2. The maximum absolute atomic E-state index is 14.9. The van der Waals surface area contributed by atoms with Gasteiger partial charge in [-0.3, -0.25) is 0 Å². The van der Waals surface area contributed by atoms with Gasteiger partial charge in [0.25, 0.3) is 0 Å². The first kappa shape index (κ1) is 36.4. The minimum absolute atomic E-state index is 0.0293. The molecule has 0 unspecified atom stereocenters. The number of hydrogen-bond donors (Lipinski definition) is 0. The lowest BCUT2D eigenvalue weighted by Gasteiger charge is -2.36. The van der Waals surface area contributed by atoms with Gasteiger partial charge in [-0.1, -0.05) is 24.3 Å². The molecular formula is C34H34F10O3. The first-order valence-electron chi connectivity index (χ1n) is 15.3. The van der Waals surface area contributed by atoms with Crippen molar-refractivity contribution in [2.24, 2.45) is 17.8 Å². The van der Waals surface area contributed by atoms with Crippen molar-refractivity contribution < 1.29 is 58.1 Å². The van der Waals surface area contributed by atoms with Gasteiger partial charge in [-0.2, -0.15) is 30.7 Å². The number of halogens is 10. The molecule has 2 aliphatic carbocycles. The van der Waals surface area contributed by atoms with Crippen LogP contribution in [0, 0.1) is 35.2 Å². The van der Waals surface area contributed by atoms with Crippen molar-refractivity contribution in [1.29, 1.82) is 0 Å². The molecule has 0 radical (unpaired) electrons. The lowest BCUT2D eigenvalue weighted by molar-refractivity contribution is -0.301. The van der Waals surface area contributed by atoms with Crippen LogP contribution in [0.1, 0.15) is 75.3 Å². The van der Waals surface area contributed by atoms with Crippen molar-refractivity contribution in [2.45, 2.75) is 82.5 Å². The lowest BCUT2D eigenvalue weighted by atomic mass is 9.79. The van der Waals surface area contributed by atoms with E-state index in [0.717, 1.165) is 37.8 Å². The Bertz CT molecular complexity index is 1410. The van der Waals surface area contributed by atoms with Crippen LogP contribution < -0.4 is 9.47 Å². The average molecular weight is 681 g/mol. The van der Waals surface area contributed by atoms with Gasteiger partial charge in [0.1, 0.15) is 11.6 Å². The van der Waals surface area contributed by atoms with Crippen molar-refractivity contribution in [3.63, 3.8) is 0 Å². The molecule has 2 fully saturated rings. The topological polar surface area (TPSA) is 27.7 Å². The Kier molecular flexibility index (Phi) is 12.1. The molecule has 258 valence electrons. The van der Waals surface area contributed by atoms with Gasteiger partial charge in [0.05, 0.1) is 17.6 Å². The van der Waals surface area contributed by atoms with E-state index in [-0.39, 0.29) is 23.6 Å². The van der Waals surface area contributed by atoms with Crippen molar-refractivity contribution in [3.05, 3.63) is 89.7 Å². The van der Waals surface area contributed by atoms with Crippen LogP contribution in [0.25, 0.3) is 6.08 Å². The predicted molar refractivity (Wildman–Crippen MR) is 154 cm³/mol. The van der Waals surface area contributed by atoms with Crippen molar-refractivity contribution >= 4 is 6.08 Å². The average Bonchev–Trinajstić information content (AvgIpc) is 3.01. The third-order valence-corrected chi connectivity index (χ3v) is 8.57. The second-order valence-corrected chi connectivity index (χ2v) is 11.9. The van der Waals surface area contributed by atoms with E-state index >= 15 is 0 Å². The highest BCUT2D eigenvalue weighted by atomic mass is 19.3. The van der Waals surface area contributed by atoms with Gasteiger partial charge in [-0.25, -0.2) is 13.2 Å². The van der Waals surface area contributed by atoms with Crippen LogP contribution >= 0.6 is 0 Å². The van der Waals surface area contributed by atoms with Crippen LogP contribution in [0.2, 0.25) is 0 Å². The van der Waals surface area contributed by atoms with Crippen molar-refractivity contribution in [1.82, 2.24) is 0 Å². The predicted octanol–water partition coefficient (Wildman–Crippen LogP) is 11.6. The highest BCUT2D eigenvalue weighted by molar-refractivity contribution is 5.51. The van der Waals surface area contributed by atoms with Crippen LogP contribution in [-0.2, 0) is 10.8 Å². The van der Waals surface area contributed by atoms with E-state index in [1.807, 2.05) is 6.08 Å². The molecule has 0 N–H and O–H groups in total. The third-order valence-electron chi connectivity index (χ3n) is 8.57. The summed E-state index contributed by atoms with van der Waals surface area (Å²) in [6, 6.07) is 0.326. The van der Waals surface area contributed by atoms with Gasteiger partial charge >= 0.3 is 24.3 Å². The molecule has 47 heavy (non-hydrogen) atoms. The first-order chi connectivity index (χ1) is 22.2.